The summed E-state index contributed by atoms with van der Waals surface area (Å²) in [4.78, 5) is 13.5. The Labute approximate surface area is 91.6 Å². The third kappa shape index (κ3) is 3.16. The van der Waals surface area contributed by atoms with Crippen LogP contribution in [0.1, 0.15) is 39.5 Å². The molecule has 1 aliphatic rings. The molecule has 82 valence electrons. The summed E-state index contributed by atoms with van der Waals surface area (Å²) in [5.41, 5.74) is 0. The van der Waals surface area contributed by atoms with Gasteiger partial charge in [0.15, 0.2) is 0 Å². The molecule has 14 heavy (non-hydrogen) atoms. The lowest BCUT2D eigenvalue weighted by molar-refractivity contribution is -0.131. The molecule has 0 spiro atoms. The van der Waals surface area contributed by atoms with Crippen LogP contribution in [-0.4, -0.2) is 29.3 Å². The fourth-order valence-electron chi connectivity index (χ4n) is 2.10. The first kappa shape index (κ1) is 11.8. The average Bonchev–Trinajstić information content (AvgIpc) is 2.18. The average molecular weight is 218 g/mol. The number of piperidine rings is 1. The molecule has 1 saturated heterocycles. The van der Waals surface area contributed by atoms with Crippen molar-refractivity contribution >= 4 is 17.5 Å². The fraction of sp³-hybridized carbons (Fsp3) is 0.909. The molecule has 0 radical (unpaired) electrons. The van der Waals surface area contributed by atoms with Gasteiger partial charge in [-0.25, -0.2) is 0 Å². The van der Waals surface area contributed by atoms with E-state index in [0.29, 0.717) is 0 Å². The predicted molar refractivity (Wildman–Crippen MR) is 59.5 cm³/mol. The van der Waals surface area contributed by atoms with Gasteiger partial charge < -0.3 is 4.90 Å². The molecule has 0 bridgehead atoms. The van der Waals surface area contributed by atoms with E-state index in [1.807, 2.05) is 4.90 Å². The summed E-state index contributed by atoms with van der Waals surface area (Å²) in [5, 5.41) is -0.363. The van der Waals surface area contributed by atoms with Crippen LogP contribution in [0, 0.1) is 5.92 Å². The molecule has 2 nitrogen and oxygen atoms in total. The summed E-state index contributed by atoms with van der Waals surface area (Å²) in [7, 11) is 0. The van der Waals surface area contributed by atoms with Gasteiger partial charge in [-0.3, -0.25) is 4.79 Å². The molecule has 1 rings (SSSR count). The Morgan fingerprint density at radius 3 is 2.50 bits per heavy atom. The van der Waals surface area contributed by atoms with Crippen LogP contribution < -0.4 is 0 Å². The number of amides is 1. The molecule has 0 N–H and O–H groups in total. The Hall–Kier alpha value is -0.240. The Morgan fingerprint density at radius 1 is 1.50 bits per heavy atom. The fourth-order valence-corrected chi connectivity index (χ4v) is 2.24. The van der Waals surface area contributed by atoms with E-state index in [2.05, 4.69) is 6.92 Å². The molecule has 1 amide bonds. The van der Waals surface area contributed by atoms with Crippen molar-refractivity contribution in [1.82, 2.24) is 4.90 Å². The molecular formula is C11H20ClNO. The second-order valence-electron chi connectivity index (χ2n) is 4.17. The summed E-state index contributed by atoms with van der Waals surface area (Å²) < 4.78 is 0. The molecule has 1 heterocycles. The normalized spacial score (nSPS) is 20.9. The van der Waals surface area contributed by atoms with E-state index in [4.69, 9.17) is 11.6 Å². The first-order valence-corrected chi connectivity index (χ1v) is 6.01. The lowest BCUT2D eigenvalue weighted by Crippen LogP contribution is -2.41. The van der Waals surface area contributed by atoms with Crippen molar-refractivity contribution in [3.8, 4) is 0 Å². The van der Waals surface area contributed by atoms with E-state index in [-0.39, 0.29) is 11.3 Å². The van der Waals surface area contributed by atoms with Gasteiger partial charge in [0, 0.05) is 13.1 Å². The van der Waals surface area contributed by atoms with Crippen molar-refractivity contribution in [2.45, 2.75) is 44.9 Å². The van der Waals surface area contributed by atoms with Crippen LogP contribution in [0.2, 0.25) is 0 Å². The van der Waals surface area contributed by atoms with Crippen molar-refractivity contribution in [3.05, 3.63) is 0 Å². The standard InChI is InChI=1S/C11H20ClNO/c1-3-4-10-5-7-13(8-6-10)11(14)9(2)12/h9-10H,3-8H2,1-2H3. The van der Waals surface area contributed by atoms with Crippen LogP contribution in [0.4, 0.5) is 0 Å². The molecule has 1 aliphatic heterocycles. The number of carbonyl (C=O) groups is 1. The van der Waals surface area contributed by atoms with E-state index in [1.54, 1.807) is 6.92 Å². The van der Waals surface area contributed by atoms with Gasteiger partial charge in [0.25, 0.3) is 0 Å². The zero-order chi connectivity index (χ0) is 10.6. The molecule has 0 aromatic heterocycles. The SMILES string of the molecule is CCCC1CCN(C(=O)C(C)Cl)CC1. The maximum absolute atomic E-state index is 11.6. The highest BCUT2D eigenvalue weighted by Gasteiger charge is 2.24. The highest BCUT2D eigenvalue weighted by atomic mass is 35.5. The minimum absolute atomic E-state index is 0.0987. The topological polar surface area (TPSA) is 20.3 Å². The molecular weight excluding hydrogens is 198 g/mol. The van der Waals surface area contributed by atoms with Gasteiger partial charge in [-0.1, -0.05) is 19.8 Å². The number of nitrogens with zero attached hydrogens (tertiary/aromatic N) is 1. The summed E-state index contributed by atoms with van der Waals surface area (Å²) in [6, 6.07) is 0. The van der Waals surface area contributed by atoms with Crippen molar-refractivity contribution in [2.24, 2.45) is 5.92 Å². The summed E-state index contributed by atoms with van der Waals surface area (Å²) in [5.74, 6) is 0.927. The van der Waals surface area contributed by atoms with E-state index < -0.39 is 0 Å². The van der Waals surface area contributed by atoms with Gasteiger partial charge in [-0.2, -0.15) is 0 Å². The van der Waals surface area contributed by atoms with Gasteiger partial charge in [-0.15, -0.1) is 11.6 Å². The van der Waals surface area contributed by atoms with Crippen molar-refractivity contribution in [3.63, 3.8) is 0 Å². The molecule has 0 aliphatic carbocycles. The van der Waals surface area contributed by atoms with Gasteiger partial charge in [0.1, 0.15) is 5.38 Å². The Balaban J connectivity index is 2.32. The number of carbonyl (C=O) groups excluding carboxylic acids is 1. The van der Waals surface area contributed by atoms with Crippen molar-refractivity contribution in [1.29, 1.82) is 0 Å². The monoisotopic (exact) mass is 217 g/mol. The molecule has 1 fully saturated rings. The van der Waals surface area contributed by atoms with E-state index in [1.165, 1.54) is 12.8 Å². The molecule has 0 aromatic rings. The van der Waals surface area contributed by atoms with Crippen molar-refractivity contribution in [2.75, 3.05) is 13.1 Å². The van der Waals surface area contributed by atoms with Crippen LogP contribution in [0.15, 0.2) is 0 Å². The van der Waals surface area contributed by atoms with Crippen LogP contribution >= 0.6 is 11.6 Å². The third-order valence-electron chi connectivity index (χ3n) is 2.96. The van der Waals surface area contributed by atoms with Crippen LogP contribution in [-0.2, 0) is 4.79 Å². The molecule has 1 atom stereocenters. The number of rotatable bonds is 3. The largest absolute Gasteiger partial charge is 0.341 e. The molecule has 1 unspecified atom stereocenters. The third-order valence-corrected chi connectivity index (χ3v) is 3.15. The number of halogens is 1. The summed E-state index contributed by atoms with van der Waals surface area (Å²) in [6.07, 6.45) is 4.87. The van der Waals surface area contributed by atoms with E-state index in [9.17, 15) is 4.79 Å². The first-order valence-electron chi connectivity index (χ1n) is 5.58. The van der Waals surface area contributed by atoms with Gasteiger partial charge in [0.2, 0.25) is 5.91 Å². The quantitative estimate of drug-likeness (QED) is 0.666. The van der Waals surface area contributed by atoms with Crippen molar-refractivity contribution < 1.29 is 4.79 Å². The second-order valence-corrected chi connectivity index (χ2v) is 4.83. The summed E-state index contributed by atoms with van der Waals surface area (Å²) in [6.45, 7) is 5.78. The minimum Gasteiger partial charge on any atom is -0.341 e. The van der Waals surface area contributed by atoms with E-state index >= 15 is 0 Å². The molecule has 3 heteroatoms. The number of hydrogen-bond acceptors (Lipinski definition) is 1. The zero-order valence-electron chi connectivity index (χ0n) is 9.13. The maximum Gasteiger partial charge on any atom is 0.240 e. The Bertz CT molecular complexity index is 186. The number of hydrogen-bond donors (Lipinski definition) is 0. The lowest BCUT2D eigenvalue weighted by atomic mass is 9.92. The summed E-state index contributed by atoms with van der Waals surface area (Å²) >= 11 is 5.77. The number of alkyl halides is 1. The minimum atomic E-state index is -0.363. The second kappa shape index (κ2) is 5.59. The smallest absolute Gasteiger partial charge is 0.240 e. The number of likely N-dealkylation sites (tertiary alicyclic amines) is 1. The first-order chi connectivity index (χ1) is 6.65. The zero-order valence-corrected chi connectivity index (χ0v) is 9.89. The Morgan fingerprint density at radius 2 is 2.07 bits per heavy atom. The van der Waals surface area contributed by atoms with Crippen LogP contribution in [0.25, 0.3) is 0 Å². The lowest BCUT2D eigenvalue weighted by Gasteiger charge is -2.32. The van der Waals surface area contributed by atoms with Crippen LogP contribution in [0.5, 0.6) is 0 Å². The predicted octanol–water partition coefficient (Wildman–Crippen LogP) is 2.65. The van der Waals surface area contributed by atoms with E-state index in [0.717, 1.165) is 31.8 Å². The Kier molecular flexibility index (Phi) is 4.73. The molecule has 0 aromatic carbocycles. The molecule has 0 saturated carbocycles. The van der Waals surface area contributed by atoms with Crippen LogP contribution in [0.3, 0.4) is 0 Å². The highest BCUT2D eigenvalue weighted by molar-refractivity contribution is 6.30. The highest BCUT2D eigenvalue weighted by Crippen LogP contribution is 2.22. The van der Waals surface area contributed by atoms with Gasteiger partial charge in [-0.05, 0) is 25.7 Å². The van der Waals surface area contributed by atoms with Gasteiger partial charge in [0.05, 0.1) is 0 Å². The maximum atomic E-state index is 11.6. The van der Waals surface area contributed by atoms with Gasteiger partial charge >= 0.3 is 0 Å².